The number of hydrogen-bond donors (Lipinski definition) is 1. The second kappa shape index (κ2) is 3.67. The third-order valence-electron chi connectivity index (χ3n) is 2.37. The summed E-state index contributed by atoms with van der Waals surface area (Å²) in [6, 6.07) is 3.70. The van der Waals surface area contributed by atoms with Gasteiger partial charge >= 0.3 is 0 Å². The van der Waals surface area contributed by atoms with Crippen LogP contribution in [0.3, 0.4) is 0 Å². The molecule has 76 valence electrons. The zero-order valence-corrected chi connectivity index (χ0v) is 8.67. The van der Waals surface area contributed by atoms with Crippen LogP contribution in [0.2, 0.25) is 5.02 Å². The van der Waals surface area contributed by atoms with E-state index in [9.17, 15) is 0 Å². The van der Waals surface area contributed by atoms with Crippen LogP contribution in [0.4, 0.5) is 0 Å². The molecule has 0 fully saturated rings. The second-order valence-corrected chi connectivity index (χ2v) is 3.65. The normalized spacial score (nSPS) is 19.8. The lowest BCUT2D eigenvalue weighted by atomic mass is 10.0. The van der Waals surface area contributed by atoms with Crippen LogP contribution >= 0.6 is 11.6 Å². The number of hydrogen-bond acceptors (Lipinski definition) is 3. The Labute approximate surface area is 87.8 Å². The Morgan fingerprint density at radius 3 is 3.07 bits per heavy atom. The van der Waals surface area contributed by atoms with Crippen molar-refractivity contribution < 1.29 is 9.47 Å². The molecule has 14 heavy (non-hydrogen) atoms. The lowest BCUT2D eigenvalue weighted by Crippen LogP contribution is -2.20. The number of benzene rings is 1. The topological polar surface area (TPSA) is 44.5 Å². The Balaban J connectivity index is 2.55. The van der Waals surface area contributed by atoms with Gasteiger partial charge in [-0.3, -0.25) is 0 Å². The molecule has 1 heterocycles. The Morgan fingerprint density at radius 2 is 2.36 bits per heavy atom. The van der Waals surface area contributed by atoms with Crippen LogP contribution < -0.4 is 15.2 Å². The Hall–Kier alpha value is -0.930. The van der Waals surface area contributed by atoms with Crippen LogP contribution in [-0.4, -0.2) is 13.7 Å². The molecular weight excluding hydrogens is 202 g/mol. The third kappa shape index (κ3) is 1.42. The first kappa shape index (κ1) is 9.62. The van der Waals surface area contributed by atoms with Crippen LogP contribution in [-0.2, 0) is 0 Å². The molecule has 4 heteroatoms. The van der Waals surface area contributed by atoms with Gasteiger partial charge in [0.05, 0.1) is 18.7 Å². The summed E-state index contributed by atoms with van der Waals surface area (Å²) in [6.45, 7) is 0.616. The van der Waals surface area contributed by atoms with E-state index in [0.29, 0.717) is 23.1 Å². The van der Waals surface area contributed by atoms with E-state index in [1.165, 1.54) is 0 Å². The number of nitrogens with two attached hydrogens (primary N) is 1. The SMILES string of the molecule is COc1c(Cl)ccc2c1OCC[C@@H]2N. The summed E-state index contributed by atoms with van der Waals surface area (Å²) in [5.74, 6) is 1.28. The maximum Gasteiger partial charge on any atom is 0.179 e. The molecule has 1 aromatic rings. The minimum Gasteiger partial charge on any atom is -0.491 e. The van der Waals surface area contributed by atoms with Crippen molar-refractivity contribution in [2.45, 2.75) is 12.5 Å². The van der Waals surface area contributed by atoms with Crippen LogP contribution in [0.25, 0.3) is 0 Å². The van der Waals surface area contributed by atoms with Gasteiger partial charge in [0.1, 0.15) is 0 Å². The zero-order valence-electron chi connectivity index (χ0n) is 7.92. The number of fused-ring (bicyclic) bond motifs is 1. The highest BCUT2D eigenvalue weighted by molar-refractivity contribution is 6.32. The molecule has 0 spiro atoms. The summed E-state index contributed by atoms with van der Waals surface area (Å²) in [6.07, 6.45) is 0.831. The monoisotopic (exact) mass is 213 g/mol. The van der Waals surface area contributed by atoms with E-state index in [2.05, 4.69) is 0 Å². The lowest BCUT2D eigenvalue weighted by molar-refractivity contribution is 0.253. The maximum atomic E-state index is 5.96. The fraction of sp³-hybridized carbons (Fsp3) is 0.400. The molecule has 1 aromatic carbocycles. The minimum atomic E-state index is 0.0184. The van der Waals surface area contributed by atoms with E-state index in [1.807, 2.05) is 6.07 Å². The highest BCUT2D eigenvalue weighted by Gasteiger charge is 2.23. The molecule has 0 radical (unpaired) electrons. The summed E-state index contributed by atoms with van der Waals surface area (Å²) in [5, 5.41) is 0.556. The summed E-state index contributed by atoms with van der Waals surface area (Å²) in [4.78, 5) is 0. The van der Waals surface area contributed by atoms with Gasteiger partial charge in [-0.2, -0.15) is 0 Å². The quantitative estimate of drug-likeness (QED) is 0.777. The van der Waals surface area contributed by atoms with E-state index in [0.717, 1.165) is 12.0 Å². The summed E-state index contributed by atoms with van der Waals surface area (Å²) >= 11 is 5.96. The highest BCUT2D eigenvalue weighted by Crippen LogP contribution is 2.42. The minimum absolute atomic E-state index is 0.0184. The van der Waals surface area contributed by atoms with Crippen molar-refractivity contribution in [3.8, 4) is 11.5 Å². The average Bonchev–Trinajstić information content (AvgIpc) is 2.18. The van der Waals surface area contributed by atoms with Crippen LogP contribution in [0.15, 0.2) is 12.1 Å². The number of ether oxygens (including phenoxy) is 2. The van der Waals surface area contributed by atoms with Gasteiger partial charge in [0, 0.05) is 18.0 Å². The first-order chi connectivity index (χ1) is 6.74. The number of methoxy groups -OCH3 is 1. The average molecular weight is 214 g/mol. The molecule has 0 amide bonds. The summed E-state index contributed by atoms with van der Waals surface area (Å²) < 4.78 is 10.7. The van der Waals surface area contributed by atoms with Crippen LogP contribution in [0.1, 0.15) is 18.0 Å². The molecule has 0 saturated heterocycles. The maximum absolute atomic E-state index is 5.96. The van der Waals surface area contributed by atoms with E-state index in [-0.39, 0.29) is 6.04 Å². The van der Waals surface area contributed by atoms with Crippen molar-refractivity contribution >= 4 is 11.6 Å². The fourth-order valence-electron chi connectivity index (χ4n) is 1.63. The van der Waals surface area contributed by atoms with Crippen molar-refractivity contribution in [3.63, 3.8) is 0 Å². The molecule has 0 aliphatic carbocycles. The fourth-order valence-corrected chi connectivity index (χ4v) is 1.85. The van der Waals surface area contributed by atoms with E-state index >= 15 is 0 Å². The molecule has 2 rings (SSSR count). The number of rotatable bonds is 1. The lowest BCUT2D eigenvalue weighted by Gasteiger charge is -2.24. The molecule has 0 aromatic heterocycles. The molecule has 1 aliphatic heterocycles. The third-order valence-corrected chi connectivity index (χ3v) is 2.67. The smallest absolute Gasteiger partial charge is 0.179 e. The molecule has 2 N–H and O–H groups in total. The molecule has 0 bridgehead atoms. The van der Waals surface area contributed by atoms with E-state index in [4.69, 9.17) is 26.8 Å². The largest absolute Gasteiger partial charge is 0.491 e. The Kier molecular flexibility index (Phi) is 2.52. The van der Waals surface area contributed by atoms with Crippen molar-refractivity contribution in [2.24, 2.45) is 5.73 Å². The molecule has 3 nitrogen and oxygen atoms in total. The van der Waals surface area contributed by atoms with Crippen molar-refractivity contribution in [2.75, 3.05) is 13.7 Å². The van der Waals surface area contributed by atoms with Crippen LogP contribution in [0, 0.1) is 0 Å². The predicted molar refractivity (Wildman–Crippen MR) is 55.0 cm³/mol. The van der Waals surface area contributed by atoms with Crippen molar-refractivity contribution in [1.82, 2.24) is 0 Å². The molecule has 1 atom stereocenters. The summed E-state index contributed by atoms with van der Waals surface area (Å²) in [5.41, 5.74) is 6.91. The van der Waals surface area contributed by atoms with Gasteiger partial charge in [-0.25, -0.2) is 0 Å². The van der Waals surface area contributed by atoms with Crippen molar-refractivity contribution in [3.05, 3.63) is 22.7 Å². The van der Waals surface area contributed by atoms with Gasteiger partial charge in [0.15, 0.2) is 11.5 Å². The van der Waals surface area contributed by atoms with E-state index in [1.54, 1.807) is 13.2 Å². The molecular formula is C10H12ClNO2. The summed E-state index contributed by atoms with van der Waals surface area (Å²) in [7, 11) is 1.57. The zero-order chi connectivity index (χ0) is 10.1. The van der Waals surface area contributed by atoms with Crippen LogP contribution in [0.5, 0.6) is 11.5 Å². The second-order valence-electron chi connectivity index (χ2n) is 3.24. The number of halogens is 1. The highest BCUT2D eigenvalue weighted by atomic mass is 35.5. The Morgan fingerprint density at radius 1 is 1.57 bits per heavy atom. The predicted octanol–water partition coefficient (Wildman–Crippen LogP) is 2.13. The van der Waals surface area contributed by atoms with Crippen molar-refractivity contribution in [1.29, 1.82) is 0 Å². The van der Waals surface area contributed by atoms with E-state index < -0.39 is 0 Å². The van der Waals surface area contributed by atoms with Gasteiger partial charge in [0.25, 0.3) is 0 Å². The first-order valence-electron chi connectivity index (χ1n) is 4.49. The standard InChI is InChI=1S/C10H12ClNO2/c1-13-10-7(11)3-2-6-8(12)4-5-14-9(6)10/h2-3,8H,4-5,12H2,1H3/t8-/m0/s1. The first-order valence-corrected chi connectivity index (χ1v) is 4.86. The van der Waals surface area contributed by atoms with Gasteiger partial charge in [-0.05, 0) is 6.07 Å². The van der Waals surface area contributed by atoms with Gasteiger partial charge in [-0.1, -0.05) is 17.7 Å². The molecule has 0 saturated carbocycles. The van der Waals surface area contributed by atoms with Gasteiger partial charge in [0.2, 0.25) is 0 Å². The molecule has 1 aliphatic rings. The van der Waals surface area contributed by atoms with Gasteiger partial charge in [-0.15, -0.1) is 0 Å². The Bertz CT molecular complexity index is 354. The molecule has 0 unspecified atom stereocenters. The van der Waals surface area contributed by atoms with Gasteiger partial charge < -0.3 is 15.2 Å².